The van der Waals surface area contributed by atoms with Crippen molar-refractivity contribution in [3.8, 4) is 0 Å². The number of carbonyl (C=O) groups excluding carboxylic acids is 1. The summed E-state index contributed by atoms with van der Waals surface area (Å²) in [6, 6.07) is 1.35. The topological polar surface area (TPSA) is 66.5 Å². The van der Waals surface area contributed by atoms with Gasteiger partial charge in [0.25, 0.3) is 0 Å². The van der Waals surface area contributed by atoms with E-state index < -0.39 is 9.84 Å². The molecule has 1 rings (SSSR count). The number of thiophene rings is 1. The highest BCUT2D eigenvalue weighted by atomic mass is 32.2. The number of sulfone groups is 1. The summed E-state index contributed by atoms with van der Waals surface area (Å²) in [7, 11) is -1.49. The summed E-state index contributed by atoms with van der Waals surface area (Å²) in [4.78, 5) is 16.0. The molecule has 5 nitrogen and oxygen atoms in total. The number of amides is 2. The maximum absolute atomic E-state index is 12.2. The van der Waals surface area contributed by atoms with Gasteiger partial charge in [-0.2, -0.15) is 0 Å². The Morgan fingerprint density at radius 3 is 2.38 bits per heavy atom. The van der Waals surface area contributed by atoms with E-state index in [1.54, 1.807) is 25.3 Å². The minimum atomic E-state index is -3.11. The van der Waals surface area contributed by atoms with Crippen LogP contribution in [0, 0.1) is 13.8 Å². The summed E-state index contributed by atoms with van der Waals surface area (Å²) < 4.78 is 22.6. The van der Waals surface area contributed by atoms with Crippen LogP contribution in [0.25, 0.3) is 0 Å². The lowest BCUT2D eigenvalue weighted by Crippen LogP contribution is -2.45. The first-order valence-electron chi connectivity index (χ1n) is 6.79. The molecule has 120 valence electrons. The zero-order valence-corrected chi connectivity index (χ0v) is 15.1. The number of nitrogens with one attached hydrogen (secondary N) is 1. The van der Waals surface area contributed by atoms with Crippen molar-refractivity contribution in [1.29, 1.82) is 0 Å². The molecule has 0 saturated carbocycles. The lowest BCUT2D eigenvalue weighted by atomic mass is 10.1. The Balaban J connectivity index is 2.70. The molecule has 2 atom stereocenters. The van der Waals surface area contributed by atoms with Crippen LogP contribution in [0.2, 0.25) is 0 Å². The van der Waals surface area contributed by atoms with Gasteiger partial charge < -0.3 is 10.2 Å². The fraction of sp³-hybridized carbons (Fsp3) is 0.643. The van der Waals surface area contributed by atoms with Crippen molar-refractivity contribution in [1.82, 2.24) is 10.2 Å². The lowest BCUT2D eigenvalue weighted by Gasteiger charge is -2.26. The molecule has 2 amide bonds. The van der Waals surface area contributed by atoms with Crippen LogP contribution in [0.15, 0.2) is 6.07 Å². The number of rotatable bonds is 5. The van der Waals surface area contributed by atoms with Crippen molar-refractivity contribution in [2.45, 2.75) is 39.8 Å². The molecule has 1 heterocycles. The second-order valence-corrected chi connectivity index (χ2v) is 9.24. The normalized spacial score (nSPS) is 14.6. The van der Waals surface area contributed by atoms with Crippen molar-refractivity contribution in [2.24, 2.45) is 0 Å². The molecule has 1 aromatic heterocycles. The Labute approximate surface area is 131 Å². The van der Waals surface area contributed by atoms with E-state index in [-0.39, 0.29) is 23.9 Å². The van der Waals surface area contributed by atoms with Gasteiger partial charge in [-0.3, -0.25) is 0 Å². The van der Waals surface area contributed by atoms with Crippen molar-refractivity contribution in [3.05, 3.63) is 21.4 Å². The van der Waals surface area contributed by atoms with Gasteiger partial charge in [0.15, 0.2) is 0 Å². The lowest BCUT2D eigenvalue weighted by molar-refractivity contribution is 0.195. The number of urea groups is 1. The molecule has 1 N–H and O–H groups in total. The van der Waals surface area contributed by atoms with Crippen LogP contribution < -0.4 is 5.32 Å². The van der Waals surface area contributed by atoms with Gasteiger partial charge in [-0.15, -0.1) is 11.3 Å². The minimum absolute atomic E-state index is 0.0398. The molecule has 7 heteroatoms. The fourth-order valence-corrected chi connectivity index (χ4v) is 4.32. The van der Waals surface area contributed by atoms with E-state index in [0.717, 1.165) is 5.56 Å². The van der Waals surface area contributed by atoms with Crippen LogP contribution in [0.4, 0.5) is 4.79 Å². The zero-order chi connectivity index (χ0) is 16.4. The Morgan fingerprint density at radius 2 is 1.95 bits per heavy atom. The average Bonchev–Trinajstić information content (AvgIpc) is 2.65. The summed E-state index contributed by atoms with van der Waals surface area (Å²) in [6.07, 6.45) is 1.18. The van der Waals surface area contributed by atoms with Crippen LogP contribution in [-0.4, -0.2) is 44.4 Å². The summed E-state index contributed by atoms with van der Waals surface area (Å²) in [5, 5.41) is 2.92. The predicted molar refractivity (Wildman–Crippen MR) is 87.7 cm³/mol. The number of hydrogen-bond acceptors (Lipinski definition) is 4. The summed E-state index contributed by atoms with van der Waals surface area (Å²) >= 11 is 1.70. The smallest absolute Gasteiger partial charge is 0.317 e. The Morgan fingerprint density at radius 1 is 1.38 bits per heavy atom. The Kier molecular flexibility index (Phi) is 5.81. The molecule has 0 aliphatic heterocycles. The quantitative estimate of drug-likeness (QED) is 0.901. The van der Waals surface area contributed by atoms with Crippen LogP contribution in [0.1, 0.15) is 35.2 Å². The number of aryl methyl sites for hydroxylation is 2. The van der Waals surface area contributed by atoms with Gasteiger partial charge in [-0.05, 0) is 39.3 Å². The molecular weight excluding hydrogens is 308 g/mol. The van der Waals surface area contributed by atoms with Crippen LogP contribution >= 0.6 is 11.3 Å². The van der Waals surface area contributed by atoms with E-state index in [2.05, 4.69) is 11.4 Å². The summed E-state index contributed by atoms with van der Waals surface area (Å²) in [6.45, 7) is 7.73. The van der Waals surface area contributed by atoms with Gasteiger partial charge in [0.05, 0.1) is 11.8 Å². The van der Waals surface area contributed by atoms with E-state index in [4.69, 9.17) is 0 Å². The molecule has 0 fully saturated rings. The first-order chi connectivity index (χ1) is 9.51. The van der Waals surface area contributed by atoms with E-state index in [1.165, 1.54) is 20.9 Å². The molecule has 1 aromatic rings. The maximum atomic E-state index is 12.2. The number of hydrogen-bond donors (Lipinski definition) is 1. The minimum Gasteiger partial charge on any atom is -0.331 e. The highest BCUT2D eigenvalue weighted by Gasteiger charge is 2.22. The highest BCUT2D eigenvalue weighted by molar-refractivity contribution is 7.90. The van der Waals surface area contributed by atoms with Gasteiger partial charge in [0, 0.05) is 29.1 Å². The number of nitrogens with zero attached hydrogens (tertiary/aromatic N) is 1. The van der Waals surface area contributed by atoms with Crippen molar-refractivity contribution >= 4 is 27.2 Å². The van der Waals surface area contributed by atoms with Gasteiger partial charge in [0.2, 0.25) is 0 Å². The Hall–Kier alpha value is -1.08. The standard InChI is InChI=1S/C14H24N2O3S2/c1-9(8-21(6,18)19)16(5)14(17)15-11(3)13-7-10(2)20-12(13)4/h7,9,11H,8H2,1-6H3,(H,15,17)/t9-,11+/m1/s1. The third-order valence-electron chi connectivity index (χ3n) is 3.41. The van der Waals surface area contributed by atoms with Gasteiger partial charge >= 0.3 is 6.03 Å². The van der Waals surface area contributed by atoms with E-state index >= 15 is 0 Å². The predicted octanol–water partition coefficient (Wildman–Crippen LogP) is 2.50. The van der Waals surface area contributed by atoms with Crippen molar-refractivity contribution < 1.29 is 13.2 Å². The third kappa shape index (κ3) is 5.32. The van der Waals surface area contributed by atoms with Gasteiger partial charge in [-0.25, -0.2) is 13.2 Å². The first-order valence-corrected chi connectivity index (χ1v) is 9.67. The van der Waals surface area contributed by atoms with Crippen molar-refractivity contribution in [2.75, 3.05) is 19.1 Å². The molecule has 0 spiro atoms. The van der Waals surface area contributed by atoms with Gasteiger partial charge in [0.1, 0.15) is 9.84 Å². The zero-order valence-electron chi connectivity index (χ0n) is 13.4. The van der Waals surface area contributed by atoms with E-state index in [9.17, 15) is 13.2 Å². The molecule has 0 saturated heterocycles. The molecule has 0 unspecified atom stereocenters. The van der Waals surface area contributed by atoms with Crippen LogP contribution in [0.5, 0.6) is 0 Å². The maximum Gasteiger partial charge on any atom is 0.317 e. The summed E-state index contributed by atoms with van der Waals surface area (Å²) in [5.41, 5.74) is 1.11. The SMILES string of the molecule is Cc1cc([C@H](C)NC(=O)N(C)[C@H](C)CS(C)(=O)=O)c(C)s1. The molecule has 0 bridgehead atoms. The number of carbonyl (C=O) groups is 1. The molecule has 0 aliphatic rings. The highest BCUT2D eigenvalue weighted by Crippen LogP contribution is 2.26. The third-order valence-corrected chi connectivity index (χ3v) is 5.48. The fourth-order valence-electron chi connectivity index (χ4n) is 2.20. The van der Waals surface area contributed by atoms with E-state index in [1.807, 2.05) is 20.8 Å². The van der Waals surface area contributed by atoms with E-state index in [0.29, 0.717) is 0 Å². The Bertz CT molecular complexity index is 608. The monoisotopic (exact) mass is 332 g/mol. The first kappa shape index (κ1) is 18.0. The second-order valence-electron chi connectivity index (χ2n) is 5.59. The molecule has 21 heavy (non-hydrogen) atoms. The van der Waals surface area contributed by atoms with Crippen LogP contribution in [-0.2, 0) is 9.84 Å². The molecule has 0 aliphatic carbocycles. The molecule has 0 aromatic carbocycles. The van der Waals surface area contributed by atoms with Gasteiger partial charge in [-0.1, -0.05) is 0 Å². The molecule has 0 radical (unpaired) electrons. The largest absolute Gasteiger partial charge is 0.331 e. The molecular formula is C14H24N2O3S2. The average molecular weight is 332 g/mol. The van der Waals surface area contributed by atoms with Crippen molar-refractivity contribution in [3.63, 3.8) is 0 Å². The van der Waals surface area contributed by atoms with Crippen LogP contribution in [0.3, 0.4) is 0 Å². The summed E-state index contributed by atoms with van der Waals surface area (Å²) in [5.74, 6) is -0.0398. The second kappa shape index (κ2) is 6.79.